The molecule has 70 valence electrons. The van der Waals surface area contributed by atoms with Crippen molar-refractivity contribution >= 4 is 5.97 Å². The Kier molecular flexibility index (Phi) is 24.6. The lowest BCUT2D eigenvalue weighted by Crippen LogP contribution is -1.85. The normalized spacial score (nSPS) is 7.18. The van der Waals surface area contributed by atoms with Crippen LogP contribution in [0.1, 0.15) is 19.8 Å². The minimum absolute atomic E-state index is 0. The van der Waals surface area contributed by atoms with Crippen LogP contribution in [0.15, 0.2) is 0 Å². The summed E-state index contributed by atoms with van der Waals surface area (Å²) in [5.41, 5.74) is 0. The van der Waals surface area contributed by atoms with Gasteiger partial charge in [-0.1, -0.05) is 0 Å². The lowest BCUT2D eigenvalue weighted by molar-refractivity contribution is -0.134. The van der Waals surface area contributed by atoms with Crippen LogP contribution in [-0.2, 0) is 4.79 Å². The number of hydrogen-bond acceptors (Lipinski definition) is 4. The van der Waals surface area contributed by atoms with Crippen molar-refractivity contribution in [2.45, 2.75) is 19.8 Å². The minimum atomic E-state index is -0.833. The molecule has 0 aliphatic heterocycles. The van der Waals surface area contributed by atoms with E-state index in [1.54, 1.807) is 0 Å². The van der Waals surface area contributed by atoms with Gasteiger partial charge in [0.15, 0.2) is 0 Å². The Bertz CT molecular complexity index is 69.0. The lowest BCUT2D eigenvalue weighted by Gasteiger charge is -1.85. The highest BCUT2D eigenvalue weighted by atomic mass is 16.4. The van der Waals surface area contributed by atoms with E-state index < -0.39 is 5.97 Å². The molecule has 5 heteroatoms. The van der Waals surface area contributed by atoms with Crippen molar-refractivity contribution in [1.82, 2.24) is 6.15 Å². The standard InChI is InChI=1S/C4H10O2.C2H4O2.H3N/c5-3-1-2-4-6;1-2(3)4;/h5-6H,1-4H2;1H3,(H,3,4);1H3. The summed E-state index contributed by atoms with van der Waals surface area (Å²) < 4.78 is 0. The lowest BCUT2D eigenvalue weighted by atomic mass is 10.3. The summed E-state index contributed by atoms with van der Waals surface area (Å²) in [5.74, 6) is -0.833. The summed E-state index contributed by atoms with van der Waals surface area (Å²) in [4.78, 5) is 9.00. The number of hydrogen-bond donors (Lipinski definition) is 4. The van der Waals surface area contributed by atoms with Gasteiger partial charge in [-0.15, -0.1) is 0 Å². The molecule has 0 spiro atoms. The molecule has 0 aromatic heterocycles. The molecular formula is C6H17NO4. The van der Waals surface area contributed by atoms with Crippen LogP contribution < -0.4 is 6.15 Å². The first-order valence-electron chi connectivity index (χ1n) is 3.06. The van der Waals surface area contributed by atoms with Crippen LogP contribution in [0.4, 0.5) is 0 Å². The van der Waals surface area contributed by atoms with Crippen molar-refractivity contribution in [3.05, 3.63) is 0 Å². The van der Waals surface area contributed by atoms with E-state index in [1.165, 1.54) is 0 Å². The number of carboxylic acids is 1. The van der Waals surface area contributed by atoms with E-state index >= 15 is 0 Å². The second-order valence-corrected chi connectivity index (χ2v) is 1.67. The Morgan fingerprint density at radius 1 is 1.18 bits per heavy atom. The number of rotatable bonds is 3. The smallest absolute Gasteiger partial charge is 0.300 e. The van der Waals surface area contributed by atoms with Crippen molar-refractivity contribution in [3.8, 4) is 0 Å². The van der Waals surface area contributed by atoms with Gasteiger partial charge in [0.2, 0.25) is 0 Å². The quantitative estimate of drug-likeness (QED) is 0.442. The predicted molar refractivity (Wildman–Crippen MR) is 41.7 cm³/mol. The van der Waals surface area contributed by atoms with Crippen LogP contribution in [0.2, 0.25) is 0 Å². The van der Waals surface area contributed by atoms with Crippen molar-refractivity contribution in [2.75, 3.05) is 13.2 Å². The van der Waals surface area contributed by atoms with Crippen LogP contribution >= 0.6 is 0 Å². The molecular weight excluding hydrogens is 150 g/mol. The van der Waals surface area contributed by atoms with Gasteiger partial charge < -0.3 is 21.5 Å². The SMILES string of the molecule is CC(=O)O.N.OCCCCO. The van der Waals surface area contributed by atoms with Crippen molar-refractivity contribution in [2.24, 2.45) is 0 Å². The van der Waals surface area contributed by atoms with E-state index in [2.05, 4.69) is 0 Å². The zero-order chi connectivity index (χ0) is 8.41. The number of aliphatic hydroxyl groups is 2. The molecule has 0 aliphatic rings. The molecule has 0 aromatic carbocycles. The Hall–Kier alpha value is -0.650. The maximum atomic E-state index is 9.00. The third-order valence-electron chi connectivity index (χ3n) is 0.566. The monoisotopic (exact) mass is 167 g/mol. The van der Waals surface area contributed by atoms with Crippen LogP contribution in [0, 0.1) is 0 Å². The second kappa shape index (κ2) is 16.2. The van der Waals surface area contributed by atoms with E-state index in [4.69, 9.17) is 20.1 Å². The Balaban J connectivity index is -0.000000114. The largest absolute Gasteiger partial charge is 0.481 e. The highest BCUT2D eigenvalue weighted by molar-refractivity contribution is 5.62. The van der Waals surface area contributed by atoms with Crippen molar-refractivity contribution in [3.63, 3.8) is 0 Å². The molecule has 0 aromatic rings. The molecule has 0 heterocycles. The number of carboxylic acid groups (broad SMARTS) is 1. The molecule has 6 N–H and O–H groups in total. The molecule has 0 saturated carbocycles. The molecule has 0 rings (SSSR count). The molecule has 0 radical (unpaired) electrons. The Labute approximate surface area is 66.2 Å². The molecule has 0 fully saturated rings. The Morgan fingerprint density at radius 2 is 1.36 bits per heavy atom. The van der Waals surface area contributed by atoms with Crippen LogP contribution in [-0.4, -0.2) is 34.5 Å². The molecule has 0 aliphatic carbocycles. The van der Waals surface area contributed by atoms with Gasteiger partial charge in [-0.3, -0.25) is 4.79 Å². The van der Waals surface area contributed by atoms with Gasteiger partial charge in [0.25, 0.3) is 5.97 Å². The van der Waals surface area contributed by atoms with Gasteiger partial charge in [-0.25, -0.2) is 0 Å². The molecule has 0 saturated heterocycles. The minimum Gasteiger partial charge on any atom is -0.481 e. The highest BCUT2D eigenvalue weighted by Crippen LogP contribution is 1.80. The average Bonchev–Trinajstić information content (AvgIpc) is 1.82. The predicted octanol–water partition coefficient (Wildman–Crippen LogP) is 0.00410. The second-order valence-electron chi connectivity index (χ2n) is 1.67. The highest BCUT2D eigenvalue weighted by Gasteiger charge is 1.77. The molecule has 5 nitrogen and oxygen atoms in total. The maximum Gasteiger partial charge on any atom is 0.300 e. The van der Waals surface area contributed by atoms with E-state index in [1.807, 2.05) is 0 Å². The summed E-state index contributed by atoms with van der Waals surface area (Å²) in [6.07, 6.45) is 1.44. The van der Waals surface area contributed by atoms with E-state index in [9.17, 15) is 0 Å². The fourth-order valence-corrected chi connectivity index (χ4v) is 0.224. The summed E-state index contributed by atoms with van der Waals surface area (Å²) in [7, 11) is 0. The summed E-state index contributed by atoms with van der Waals surface area (Å²) in [6, 6.07) is 0. The van der Waals surface area contributed by atoms with Gasteiger partial charge >= 0.3 is 0 Å². The number of aliphatic hydroxyl groups excluding tert-OH is 2. The van der Waals surface area contributed by atoms with Crippen LogP contribution in [0.3, 0.4) is 0 Å². The van der Waals surface area contributed by atoms with Crippen LogP contribution in [0.5, 0.6) is 0 Å². The molecule has 0 unspecified atom stereocenters. The first-order valence-corrected chi connectivity index (χ1v) is 3.06. The average molecular weight is 167 g/mol. The zero-order valence-corrected chi connectivity index (χ0v) is 6.79. The van der Waals surface area contributed by atoms with Gasteiger partial charge in [-0.05, 0) is 12.8 Å². The fraction of sp³-hybridized carbons (Fsp3) is 0.833. The summed E-state index contributed by atoms with van der Waals surface area (Å²) >= 11 is 0. The van der Waals surface area contributed by atoms with Gasteiger partial charge in [0.1, 0.15) is 0 Å². The van der Waals surface area contributed by atoms with Crippen molar-refractivity contribution in [1.29, 1.82) is 0 Å². The number of aliphatic carboxylic acids is 1. The fourth-order valence-electron chi connectivity index (χ4n) is 0.224. The third-order valence-corrected chi connectivity index (χ3v) is 0.566. The van der Waals surface area contributed by atoms with E-state index in [0.717, 1.165) is 19.8 Å². The first kappa shape index (κ1) is 16.7. The number of unbranched alkanes of at least 4 members (excludes halogenated alkanes) is 1. The molecule has 0 bridgehead atoms. The molecule has 0 atom stereocenters. The van der Waals surface area contributed by atoms with Gasteiger partial charge in [-0.2, -0.15) is 0 Å². The molecule has 11 heavy (non-hydrogen) atoms. The van der Waals surface area contributed by atoms with Gasteiger partial charge in [0.05, 0.1) is 0 Å². The molecule has 0 amide bonds. The number of carbonyl (C=O) groups is 1. The summed E-state index contributed by atoms with van der Waals surface area (Å²) in [6.45, 7) is 1.47. The summed E-state index contributed by atoms with van der Waals surface area (Å²) in [5, 5.41) is 23.6. The Morgan fingerprint density at radius 3 is 1.45 bits per heavy atom. The first-order chi connectivity index (χ1) is 4.65. The zero-order valence-electron chi connectivity index (χ0n) is 6.79. The topological polar surface area (TPSA) is 113 Å². The third kappa shape index (κ3) is 91.5. The van der Waals surface area contributed by atoms with Crippen molar-refractivity contribution < 1.29 is 20.1 Å². The van der Waals surface area contributed by atoms with E-state index in [0.29, 0.717) is 0 Å². The van der Waals surface area contributed by atoms with E-state index in [-0.39, 0.29) is 19.4 Å². The van der Waals surface area contributed by atoms with Gasteiger partial charge in [0, 0.05) is 20.1 Å². The van der Waals surface area contributed by atoms with Crippen LogP contribution in [0.25, 0.3) is 0 Å². The maximum absolute atomic E-state index is 9.00.